The maximum Gasteiger partial charge on any atom is 0.136 e. The molecule has 3 saturated carbocycles. The standard InChI is InChI=1S/C15H24O/c1-9-5-6-13-14(3,4)11-7-15(9,13)8-12(16)10(11)2/h9-11,13H,5-8H2,1-4H3/t9-,10+,11?,13-,15+/m0/s1. The van der Waals surface area contributed by atoms with Crippen molar-refractivity contribution in [2.45, 2.75) is 53.4 Å². The molecule has 3 aliphatic carbocycles. The van der Waals surface area contributed by atoms with E-state index in [2.05, 4.69) is 27.7 Å². The van der Waals surface area contributed by atoms with Gasteiger partial charge in [-0.2, -0.15) is 0 Å². The van der Waals surface area contributed by atoms with Gasteiger partial charge in [0, 0.05) is 12.3 Å². The van der Waals surface area contributed by atoms with E-state index >= 15 is 0 Å². The highest BCUT2D eigenvalue weighted by atomic mass is 16.1. The first-order valence-electron chi connectivity index (χ1n) is 6.92. The average Bonchev–Trinajstić information content (AvgIpc) is 2.59. The summed E-state index contributed by atoms with van der Waals surface area (Å²) in [7, 11) is 0. The summed E-state index contributed by atoms with van der Waals surface area (Å²) in [6.07, 6.45) is 4.94. The Morgan fingerprint density at radius 1 is 1.19 bits per heavy atom. The van der Waals surface area contributed by atoms with Crippen molar-refractivity contribution in [1.29, 1.82) is 0 Å². The van der Waals surface area contributed by atoms with Crippen LogP contribution in [-0.2, 0) is 4.79 Å². The van der Waals surface area contributed by atoms with Gasteiger partial charge >= 0.3 is 0 Å². The van der Waals surface area contributed by atoms with Gasteiger partial charge in [-0.15, -0.1) is 0 Å². The van der Waals surface area contributed by atoms with Crippen molar-refractivity contribution in [2.24, 2.45) is 34.5 Å². The molecule has 0 aromatic heterocycles. The number of hydrogen-bond donors (Lipinski definition) is 0. The van der Waals surface area contributed by atoms with Gasteiger partial charge in [0.1, 0.15) is 5.78 Å². The molecule has 90 valence electrons. The van der Waals surface area contributed by atoms with Crippen molar-refractivity contribution >= 4 is 5.78 Å². The second-order valence-corrected chi connectivity index (χ2v) is 7.33. The topological polar surface area (TPSA) is 17.1 Å². The maximum absolute atomic E-state index is 12.2. The molecule has 1 heteroatoms. The summed E-state index contributed by atoms with van der Waals surface area (Å²) in [6, 6.07) is 0. The minimum Gasteiger partial charge on any atom is -0.299 e. The lowest BCUT2D eigenvalue weighted by Crippen LogP contribution is -2.36. The quantitative estimate of drug-likeness (QED) is 0.608. The fourth-order valence-corrected chi connectivity index (χ4v) is 5.62. The SMILES string of the molecule is C[C@H]1C(=O)C[C@@]23CC1C(C)(C)[C@@H]2CC[C@@H]3C. The summed E-state index contributed by atoms with van der Waals surface area (Å²) in [5, 5.41) is 0. The molecule has 0 heterocycles. The molecular formula is C15H24O. The van der Waals surface area contributed by atoms with E-state index in [4.69, 9.17) is 0 Å². The van der Waals surface area contributed by atoms with Crippen molar-refractivity contribution in [2.75, 3.05) is 0 Å². The molecule has 1 unspecified atom stereocenters. The van der Waals surface area contributed by atoms with Crippen molar-refractivity contribution in [3.8, 4) is 0 Å². The minimum atomic E-state index is 0.318. The van der Waals surface area contributed by atoms with Crippen LogP contribution in [0.25, 0.3) is 0 Å². The lowest BCUT2D eigenvalue weighted by atomic mass is 9.65. The molecule has 0 aromatic carbocycles. The van der Waals surface area contributed by atoms with Gasteiger partial charge < -0.3 is 0 Å². The van der Waals surface area contributed by atoms with E-state index in [9.17, 15) is 4.79 Å². The molecule has 0 aromatic rings. The Kier molecular flexibility index (Phi) is 1.97. The molecule has 16 heavy (non-hydrogen) atoms. The summed E-state index contributed by atoms with van der Waals surface area (Å²) in [5.74, 6) is 3.12. The number of rotatable bonds is 0. The first-order valence-corrected chi connectivity index (χ1v) is 6.92. The van der Waals surface area contributed by atoms with Crippen molar-refractivity contribution in [3.63, 3.8) is 0 Å². The first-order chi connectivity index (χ1) is 7.39. The molecule has 0 N–H and O–H groups in total. The van der Waals surface area contributed by atoms with E-state index in [1.165, 1.54) is 19.3 Å². The second kappa shape index (κ2) is 2.91. The number of fused-ring (bicyclic) bond motifs is 1. The number of Topliss-reactive ketones (excluding diaryl/α,β-unsaturated/α-hetero) is 1. The van der Waals surface area contributed by atoms with Gasteiger partial charge in [-0.05, 0) is 47.8 Å². The van der Waals surface area contributed by atoms with E-state index in [0.717, 1.165) is 18.3 Å². The molecule has 3 rings (SSSR count). The first kappa shape index (κ1) is 10.8. The van der Waals surface area contributed by atoms with Crippen LogP contribution in [0.15, 0.2) is 0 Å². The number of carbonyl (C=O) groups excluding carboxylic acids is 1. The molecule has 1 spiro atoms. The van der Waals surface area contributed by atoms with Gasteiger partial charge in [-0.25, -0.2) is 0 Å². The van der Waals surface area contributed by atoms with Crippen LogP contribution in [0.3, 0.4) is 0 Å². The molecule has 5 atom stereocenters. The van der Waals surface area contributed by atoms with Crippen LogP contribution in [0.4, 0.5) is 0 Å². The summed E-state index contributed by atoms with van der Waals surface area (Å²) in [4.78, 5) is 12.2. The van der Waals surface area contributed by atoms with E-state index in [1.54, 1.807) is 0 Å². The van der Waals surface area contributed by atoms with Crippen molar-refractivity contribution in [3.05, 3.63) is 0 Å². The third-order valence-corrected chi connectivity index (χ3v) is 6.63. The predicted octanol–water partition coefficient (Wildman–Crippen LogP) is 3.67. The highest BCUT2D eigenvalue weighted by molar-refractivity contribution is 5.83. The van der Waals surface area contributed by atoms with Crippen molar-refractivity contribution < 1.29 is 4.79 Å². The fraction of sp³-hybridized carbons (Fsp3) is 0.933. The summed E-state index contributed by atoms with van der Waals surface area (Å²) in [6.45, 7) is 9.42. The summed E-state index contributed by atoms with van der Waals surface area (Å²) in [5.41, 5.74) is 0.800. The van der Waals surface area contributed by atoms with E-state index in [0.29, 0.717) is 28.4 Å². The normalized spacial score (nSPS) is 54.1. The van der Waals surface area contributed by atoms with Crippen LogP contribution in [-0.4, -0.2) is 5.78 Å². The molecule has 0 aliphatic heterocycles. The van der Waals surface area contributed by atoms with Crippen LogP contribution in [0.1, 0.15) is 53.4 Å². The fourth-order valence-electron chi connectivity index (χ4n) is 5.62. The summed E-state index contributed by atoms with van der Waals surface area (Å²) >= 11 is 0. The highest BCUT2D eigenvalue weighted by Gasteiger charge is 2.66. The van der Waals surface area contributed by atoms with Crippen LogP contribution in [0, 0.1) is 34.5 Å². The molecule has 2 bridgehead atoms. The molecular weight excluding hydrogens is 196 g/mol. The zero-order valence-corrected chi connectivity index (χ0v) is 11.0. The van der Waals surface area contributed by atoms with Crippen LogP contribution in [0.5, 0.6) is 0 Å². The van der Waals surface area contributed by atoms with Gasteiger partial charge in [-0.3, -0.25) is 4.79 Å². The smallest absolute Gasteiger partial charge is 0.136 e. The molecule has 0 saturated heterocycles. The van der Waals surface area contributed by atoms with Crippen LogP contribution < -0.4 is 0 Å². The van der Waals surface area contributed by atoms with Crippen molar-refractivity contribution in [1.82, 2.24) is 0 Å². The van der Waals surface area contributed by atoms with Crippen LogP contribution in [0.2, 0.25) is 0 Å². The second-order valence-electron chi connectivity index (χ2n) is 7.33. The van der Waals surface area contributed by atoms with Crippen LogP contribution >= 0.6 is 0 Å². The van der Waals surface area contributed by atoms with Gasteiger partial charge in [0.2, 0.25) is 0 Å². The molecule has 1 nitrogen and oxygen atoms in total. The molecule has 3 fully saturated rings. The van der Waals surface area contributed by atoms with Gasteiger partial charge in [0.15, 0.2) is 0 Å². The Morgan fingerprint density at radius 3 is 2.56 bits per heavy atom. The lowest BCUT2D eigenvalue weighted by Gasteiger charge is -2.38. The minimum absolute atomic E-state index is 0.318. The zero-order valence-electron chi connectivity index (χ0n) is 11.0. The highest BCUT2D eigenvalue weighted by Crippen LogP contribution is 2.71. The zero-order chi connectivity index (χ0) is 11.7. The predicted molar refractivity (Wildman–Crippen MR) is 65.0 cm³/mol. The Bertz CT molecular complexity index is 343. The van der Waals surface area contributed by atoms with Gasteiger partial charge in [0.25, 0.3) is 0 Å². The Hall–Kier alpha value is -0.330. The molecule has 0 radical (unpaired) electrons. The third-order valence-electron chi connectivity index (χ3n) is 6.63. The maximum atomic E-state index is 12.2. The largest absolute Gasteiger partial charge is 0.299 e. The monoisotopic (exact) mass is 220 g/mol. The van der Waals surface area contributed by atoms with E-state index < -0.39 is 0 Å². The average molecular weight is 220 g/mol. The Labute approximate surface area is 99.0 Å². The molecule has 0 amide bonds. The number of ketones is 1. The Morgan fingerprint density at radius 2 is 1.88 bits per heavy atom. The van der Waals surface area contributed by atoms with Gasteiger partial charge in [0.05, 0.1) is 0 Å². The van der Waals surface area contributed by atoms with Gasteiger partial charge in [-0.1, -0.05) is 27.7 Å². The number of carbonyl (C=O) groups is 1. The Balaban J connectivity index is 2.10. The number of hydrogen-bond acceptors (Lipinski definition) is 1. The lowest BCUT2D eigenvalue weighted by molar-refractivity contribution is -0.130. The third kappa shape index (κ3) is 1.01. The van der Waals surface area contributed by atoms with E-state index in [-0.39, 0.29) is 0 Å². The van der Waals surface area contributed by atoms with E-state index in [1.807, 2.05) is 0 Å². The summed E-state index contributed by atoms with van der Waals surface area (Å²) < 4.78 is 0. The molecule has 3 aliphatic rings.